The third-order valence-corrected chi connectivity index (χ3v) is 2.92. The van der Waals surface area contributed by atoms with Gasteiger partial charge >= 0.3 is 0 Å². The smallest absolute Gasteiger partial charge is 0.196 e. The summed E-state index contributed by atoms with van der Waals surface area (Å²) in [5.41, 5.74) is 1.24. The molecule has 0 atom stereocenters. The Morgan fingerprint density at radius 1 is 0.900 bits per heavy atom. The molecule has 0 aliphatic carbocycles. The van der Waals surface area contributed by atoms with Crippen LogP contribution in [0.2, 0.25) is 0 Å². The van der Waals surface area contributed by atoms with Crippen LogP contribution >= 0.6 is 0 Å². The van der Waals surface area contributed by atoms with E-state index in [0.29, 0.717) is 5.69 Å². The normalized spacial score (nSPS) is 10.8. The van der Waals surface area contributed by atoms with Crippen LogP contribution in [-0.4, -0.2) is 4.98 Å². The van der Waals surface area contributed by atoms with Crippen molar-refractivity contribution in [3.63, 3.8) is 0 Å². The lowest BCUT2D eigenvalue weighted by molar-refractivity contribution is 0.449. The second-order valence-electron chi connectivity index (χ2n) is 4.26. The SMILES string of the molecule is Fc1ccc(Nc2ccc3ncccc3c2)c(F)c1F. The van der Waals surface area contributed by atoms with Crippen molar-refractivity contribution in [2.24, 2.45) is 0 Å². The van der Waals surface area contributed by atoms with Crippen molar-refractivity contribution in [2.45, 2.75) is 0 Å². The van der Waals surface area contributed by atoms with Gasteiger partial charge in [-0.25, -0.2) is 13.2 Å². The van der Waals surface area contributed by atoms with Gasteiger partial charge in [-0.05, 0) is 36.4 Å². The fraction of sp³-hybridized carbons (Fsp3) is 0. The van der Waals surface area contributed by atoms with Crippen LogP contribution in [0.25, 0.3) is 10.9 Å². The first-order valence-electron chi connectivity index (χ1n) is 5.90. The summed E-state index contributed by atoms with van der Waals surface area (Å²) < 4.78 is 39.6. The number of fused-ring (bicyclic) bond motifs is 1. The first-order valence-corrected chi connectivity index (χ1v) is 5.90. The Bertz CT molecular complexity index is 787. The lowest BCUT2D eigenvalue weighted by atomic mass is 10.2. The molecule has 0 fully saturated rings. The standard InChI is InChI=1S/C15H9F3N2/c16-11-4-6-13(15(18)14(11)17)20-10-3-5-12-9(8-10)2-1-7-19-12/h1-8,20H. The molecule has 1 N–H and O–H groups in total. The number of rotatable bonds is 2. The van der Waals surface area contributed by atoms with Gasteiger partial charge in [0.2, 0.25) is 0 Å². The molecular formula is C15H9F3N2. The number of benzene rings is 2. The Balaban J connectivity index is 1.99. The van der Waals surface area contributed by atoms with Crippen molar-refractivity contribution in [2.75, 3.05) is 5.32 Å². The van der Waals surface area contributed by atoms with Gasteiger partial charge in [-0.15, -0.1) is 0 Å². The number of hydrogen-bond acceptors (Lipinski definition) is 2. The lowest BCUT2D eigenvalue weighted by Gasteiger charge is -2.09. The van der Waals surface area contributed by atoms with E-state index in [1.807, 2.05) is 6.07 Å². The highest BCUT2D eigenvalue weighted by Gasteiger charge is 2.13. The third-order valence-electron chi connectivity index (χ3n) is 2.92. The molecule has 1 heterocycles. The molecule has 0 saturated heterocycles. The molecule has 0 bridgehead atoms. The van der Waals surface area contributed by atoms with E-state index in [9.17, 15) is 13.2 Å². The van der Waals surface area contributed by atoms with E-state index in [2.05, 4.69) is 10.3 Å². The van der Waals surface area contributed by atoms with Crippen LogP contribution < -0.4 is 5.32 Å². The van der Waals surface area contributed by atoms with Crippen LogP contribution in [0.1, 0.15) is 0 Å². The second-order valence-corrected chi connectivity index (χ2v) is 4.26. The van der Waals surface area contributed by atoms with Gasteiger partial charge in [-0.3, -0.25) is 4.98 Å². The van der Waals surface area contributed by atoms with E-state index < -0.39 is 17.5 Å². The Kier molecular flexibility index (Phi) is 3.02. The Hall–Kier alpha value is -2.56. The summed E-state index contributed by atoms with van der Waals surface area (Å²) in [5.74, 6) is -3.94. The van der Waals surface area contributed by atoms with Gasteiger partial charge in [0, 0.05) is 17.3 Å². The summed E-state index contributed by atoms with van der Waals surface area (Å²) in [6.45, 7) is 0. The number of anilines is 2. The highest BCUT2D eigenvalue weighted by molar-refractivity contribution is 5.83. The van der Waals surface area contributed by atoms with Crippen molar-refractivity contribution in [1.29, 1.82) is 0 Å². The largest absolute Gasteiger partial charge is 0.353 e. The van der Waals surface area contributed by atoms with Crippen LogP contribution in [0, 0.1) is 17.5 Å². The number of pyridine rings is 1. The maximum absolute atomic E-state index is 13.6. The van der Waals surface area contributed by atoms with E-state index in [0.717, 1.165) is 23.0 Å². The molecule has 20 heavy (non-hydrogen) atoms. The zero-order valence-electron chi connectivity index (χ0n) is 10.2. The Morgan fingerprint density at radius 2 is 1.75 bits per heavy atom. The minimum absolute atomic E-state index is 0.118. The number of aromatic nitrogens is 1. The molecule has 0 unspecified atom stereocenters. The van der Waals surface area contributed by atoms with Crippen molar-refractivity contribution in [3.8, 4) is 0 Å². The van der Waals surface area contributed by atoms with Gasteiger partial charge in [0.25, 0.3) is 0 Å². The number of nitrogens with zero attached hydrogens (tertiary/aromatic N) is 1. The summed E-state index contributed by atoms with van der Waals surface area (Å²) in [5, 5.41) is 3.58. The van der Waals surface area contributed by atoms with Crippen molar-refractivity contribution in [3.05, 3.63) is 66.1 Å². The molecule has 0 aliphatic rings. The molecule has 0 spiro atoms. The van der Waals surface area contributed by atoms with Crippen molar-refractivity contribution < 1.29 is 13.2 Å². The van der Waals surface area contributed by atoms with Gasteiger partial charge < -0.3 is 5.32 Å². The summed E-state index contributed by atoms with van der Waals surface area (Å²) in [4.78, 5) is 4.16. The lowest BCUT2D eigenvalue weighted by Crippen LogP contribution is -1.98. The van der Waals surface area contributed by atoms with Crippen LogP contribution in [0.15, 0.2) is 48.7 Å². The molecule has 0 saturated carbocycles. The minimum Gasteiger partial charge on any atom is -0.353 e. The Labute approximate surface area is 112 Å². The molecule has 0 aliphatic heterocycles. The quantitative estimate of drug-likeness (QED) is 0.701. The van der Waals surface area contributed by atoms with Crippen molar-refractivity contribution in [1.82, 2.24) is 4.98 Å². The molecule has 2 nitrogen and oxygen atoms in total. The average Bonchev–Trinajstić information content (AvgIpc) is 2.48. The maximum atomic E-state index is 13.6. The molecule has 3 rings (SSSR count). The average molecular weight is 274 g/mol. The van der Waals surface area contributed by atoms with Crippen LogP contribution in [-0.2, 0) is 0 Å². The molecule has 0 amide bonds. The fourth-order valence-electron chi connectivity index (χ4n) is 1.93. The van der Waals surface area contributed by atoms with E-state index >= 15 is 0 Å². The fourth-order valence-corrected chi connectivity index (χ4v) is 1.93. The van der Waals surface area contributed by atoms with Gasteiger partial charge in [-0.2, -0.15) is 0 Å². The Morgan fingerprint density at radius 3 is 2.60 bits per heavy atom. The monoisotopic (exact) mass is 274 g/mol. The molecule has 100 valence electrons. The number of hydrogen-bond donors (Lipinski definition) is 1. The maximum Gasteiger partial charge on any atom is 0.196 e. The summed E-state index contributed by atoms with van der Waals surface area (Å²) >= 11 is 0. The summed E-state index contributed by atoms with van der Waals surface area (Å²) in [6.07, 6.45) is 1.67. The van der Waals surface area contributed by atoms with Gasteiger partial charge in [-0.1, -0.05) is 6.07 Å². The van der Waals surface area contributed by atoms with E-state index in [1.54, 1.807) is 30.5 Å². The molecule has 1 aromatic heterocycles. The van der Waals surface area contributed by atoms with Crippen LogP contribution in [0.3, 0.4) is 0 Å². The van der Waals surface area contributed by atoms with Crippen LogP contribution in [0.5, 0.6) is 0 Å². The molecule has 3 aromatic rings. The minimum atomic E-state index is -1.49. The predicted molar refractivity (Wildman–Crippen MR) is 71.3 cm³/mol. The first kappa shape index (κ1) is 12.5. The topological polar surface area (TPSA) is 24.9 Å². The zero-order chi connectivity index (χ0) is 14.1. The summed E-state index contributed by atoms with van der Waals surface area (Å²) in [6, 6.07) is 10.9. The van der Waals surface area contributed by atoms with E-state index in [4.69, 9.17) is 0 Å². The van der Waals surface area contributed by atoms with Gasteiger partial charge in [0.15, 0.2) is 17.5 Å². The highest BCUT2D eigenvalue weighted by atomic mass is 19.2. The highest BCUT2D eigenvalue weighted by Crippen LogP contribution is 2.25. The zero-order valence-corrected chi connectivity index (χ0v) is 10.2. The number of nitrogens with one attached hydrogen (secondary N) is 1. The summed E-state index contributed by atoms with van der Waals surface area (Å²) in [7, 11) is 0. The second kappa shape index (κ2) is 4.85. The molecule has 5 heteroatoms. The van der Waals surface area contributed by atoms with E-state index in [-0.39, 0.29) is 5.69 Å². The number of halogens is 3. The van der Waals surface area contributed by atoms with E-state index in [1.165, 1.54) is 0 Å². The molecule has 2 aromatic carbocycles. The van der Waals surface area contributed by atoms with Gasteiger partial charge in [0.05, 0.1) is 11.2 Å². The van der Waals surface area contributed by atoms with Crippen molar-refractivity contribution >= 4 is 22.3 Å². The third kappa shape index (κ3) is 2.18. The van der Waals surface area contributed by atoms with Crippen LogP contribution in [0.4, 0.5) is 24.5 Å². The predicted octanol–water partition coefficient (Wildman–Crippen LogP) is 4.40. The molecular weight excluding hydrogens is 265 g/mol. The molecule has 0 radical (unpaired) electrons. The van der Waals surface area contributed by atoms with Gasteiger partial charge in [0.1, 0.15) is 0 Å². The first-order chi connectivity index (χ1) is 9.65.